The molecule has 0 radical (unpaired) electrons. The summed E-state index contributed by atoms with van der Waals surface area (Å²) in [6.45, 7) is 1.71. The van der Waals surface area contributed by atoms with Crippen LogP contribution in [-0.4, -0.2) is 32.6 Å². The molecule has 4 aromatic carbocycles. The molecule has 13 heteroatoms. The first kappa shape index (κ1) is 35.6. The van der Waals surface area contributed by atoms with Crippen molar-refractivity contribution in [2.24, 2.45) is 0 Å². The van der Waals surface area contributed by atoms with Crippen molar-refractivity contribution in [3.63, 3.8) is 0 Å². The molecule has 0 atom stereocenters. The Hall–Kier alpha value is -2.63. The molecule has 0 saturated heterocycles. The summed E-state index contributed by atoms with van der Waals surface area (Å²) in [5.41, 5.74) is 1.04. The number of methoxy groups -OCH3 is 1. The number of hydrogen-bond acceptors (Lipinski definition) is 8. The van der Waals surface area contributed by atoms with Crippen LogP contribution in [0.2, 0.25) is 25.1 Å². The van der Waals surface area contributed by atoms with E-state index >= 15 is 0 Å². The third-order valence-corrected chi connectivity index (χ3v) is 6.65. The minimum atomic E-state index is -1.67. The summed E-state index contributed by atoms with van der Waals surface area (Å²) in [5.74, 6) is 1.40. The molecule has 0 aliphatic carbocycles. The highest BCUT2D eigenvalue weighted by molar-refractivity contribution is 6.37. The Labute approximate surface area is 267 Å². The van der Waals surface area contributed by atoms with Gasteiger partial charge in [-0.15, -0.1) is 0 Å². The molecule has 226 valence electrons. The topological polar surface area (TPSA) is 129 Å². The first-order valence-corrected chi connectivity index (χ1v) is 13.4. The molecule has 5 N–H and O–H groups in total. The smallest absolute Gasteiger partial charge is 0.178 e. The summed E-state index contributed by atoms with van der Waals surface area (Å²) in [4.78, 5) is 0. The molecule has 0 saturated carbocycles. The van der Waals surface area contributed by atoms with Crippen molar-refractivity contribution in [1.29, 1.82) is 0 Å². The quantitative estimate of drug-likeness (QED) is 0.123. The Morgan fingerprint density at radius 3 is 1.52 bits per heavy atom. The van der Waals surface area contributed by atoms with Gasteiger partial charge in [-0.3, -0.25) is 0 Å². The van der Waals surface area contributed by atoms with E-state index in [9.17, 15) is 5.11 Å². The second-order valence-electron chi connectivity index (χ2n) is 8.32. The highest BCUT2D eigenvalue weighted by atomic mass is 35.5. The maximum atomic E-state index is 9.74. The van der Waals surface area contributed by atoms with Gasteiger partial charge in [0, 0.05) is 33.3 Å². The van der Waals surface area contributed by atoms with Gasteiger partial charge in [0.1, 0.15) is 5.75 Å². The molecule has 0 heterocycles. The van der Waals surface area contributed by atoms with Crippen LogP contribution < -0.4 is 14.2 Å². The number of aromatic hydroxyl groups is 1. The number of aliphatic hydroxyl groups excluding tert-OH is 2. The molecule has 0 aliphatic heterocycles. The van der Waals surface area contributed by atoms with E-state index in [4.69, 9.17) is 92.6 Å². The third kappa shape index (κ3) is 9.18. The van der Waals surface area contributed by atoms with E-state index in [2.05, 4.69) is 0 Å². The van der Waals surface area contributed by atoms with Crippen LogP contribution in [-0.2, 0) is 0 Å². The minimum Gasteiger partial charge on any atom is -0.504 e. The predicted octanol–water partition coefficient (Wildman–Crippen LogP) is 8.85. The molecule has 4 aromatic rings. The number of hydrogen-bond donors (Lipinski definition) is 5. The van der Waals surface area contributed by atoms with E-state index in [0.29, 0.717) is 32.9 Å². The van der Waals surface area contributed by atoms with Gasteiger partial charge < -0.3 is 39.7 Å². The summed E-state index contributed by atoms with van der Waals surface area (Å²) in [6.07, 6.45) is -3.27. The first-order chi connectivity index (χ1) is 19.3. The van der Waals surface area contributed by atoms with Gasteiger partial charge in [-0.25, -0.2) is 0 Å². The molecule has 0 bridgehead atoms. The van der Waals surface area contributed by atoms with Gasteiger partial charge in [-0.1, -0.05) is 65.4 Å². The van der Waals surface area contributed by atoms with Crippen molar-refractivity contribution >= 4 is 58.0 Å². The van der Waals surface area contributed by atoms with E-state index in [1.54, 1.807) is 37.3 Å². The summed E-state index contributed by atoms with van der Waals surface area (Å²) < 4.78 is 16.4. The number of benzene rings is 4. The Morgan fingerprint density at radius 2 is 1.05 bits per heavy atom. The number of aryl methyl sites for hydroxylation is 1. The van der Waals surface area contributed by atoms with Crippen LogP contribution in [0, 0.1) is 6.92 Å². The van der Waals surface area contributed by atoms with Crippen molar-refractivity contribution in [2.75, 3.05) is 7.11 Å². The molecule has 0 aromatic heterocycles. The SMILES string of the molecule is C.COc1cc(Cl)ccc1Oc1c(Cl)cc(C(O)O)cc1Cl.Cc1cc(C(O)O)cc(Cl)c1Oc1ccc(Cl)cc1O. The number of halogens is 5. The zero-order chi connectivity index (χ0) is 30.4. The fourth-order valence-electron chi connectivity index (χ4n) is 3.38. The molecule has 0 spiro atoms. The van der Waals surface area contributed by atoms with Gasteiger partial charge in [0.05, 0.1) is 22.2 Å². The number of aliphatic hydroxyl groups is 4. The maximum absolute atomic E-state index is 9.74. The monoisotopic (exact) mass is 678 g/mol. The summed E-state index contributed by atoms with van der Waals surface area (Å²) in [6, 6.07) is 14.9. The van der Waals surface area contributed by atoms with Gasteiger partial charge in [-0.2, -0.15) is 0 Å². The van der Waals surface area contributed by atoms with Crippen LogP contribution >= 0.6 is 58.0 Å². The van der Waals surface area contributed by atoms with E-state index in [1.807, 2.05) is 0 Å². The predicted molar refractivity (Wildman–Crippen MR) is 165 cm³/mol. The number of rotatable bonds is 7. The van der Waals surface area contributed by atoms with Crippen molar-refractivity contribution in [2.45, 2.75) is 26.9 Å². The Bertz CT molecular complexity index is 1480. The number of phenols is 1. The van der Waals surface area contributed by atoms with Gasteiger partial charge in [0.15, 0.2) is 41.3 Å². The molecule has 0 unspecified atom stereocenters. The minimum absolute atomic E-state index is 0. The number of ether oxygens (including phenoxy) is 3. The van der Waals surface area contributed by atoms with Crippen molar-refractivity contribution in [3.05, 3.63) is 102 Å². The van der Waals surface area contributed by atoms with Crippen molar-refractivity contribution in [1.82, 2.24) is 0 Å². The van der Waals surface area contributed by atoms with E-state index < -0.39 is 12.6 Å². The zero-order valence-corrected chi connectivity index (χ0v) is 25.1. The molecule has 42 heavy (non-hydrogen) atoms. The summed E-state index contributed by atoms with van der Waals surface area (Å²) in [5, 5.41) is 47.6. The van der Waals surface area contributed by atoms with Crippen molar-refractivity contribution in [3.8, 4) is 34.5 Å². The normalized spacial score (nSPS) is 10.6. The standard InChI is InChI=1S/C14H11Cl3O4.C14H12Cl2O4.CH4/c1-20-12-6-8(15)2-3-11(12)21-13-9(16)4-7(14(18)19)5-10(13)17;1-7-4-8(14(18)19)5-10(16)13(7)20-12-3-2-9(15)6-11(12)17;/h2-6,14,18-19H,1H3;2-6,14,17-19H,1H3;1H4. The van der Waals surface area contributed by atoms with Crippen LogP contribution in [0.4, 0.5) is 0 Å². The molecular weight excluding hydrogens is 654 g/mol. The Kier molecular flexibility index (Phi) is 13.3. The third-order valence-electron chi connectivity index (χ3n) is 5.34. The first-order valence-electron chi connectivity index (χ1n) is 11.5. The van der Waals surface area contributed by atoms with Crippen LogP contribution in [0.25, 0.3) is 0 Å². The van der Waals surface area contributed by atoms with E-state index in [-0.39, 0.29) is 50.9 Å². The zero-order valence-electron chi connectivity index (χ0n) is 21.3. The van der Waals surface area contributed by atoms with Crippen LogP contribution in [0.3, 0.4) is 0 Å². The molecule has 0 amide bonds. The average molecular weight is 681 g/mol. The molecule has 4 rings (SSSR count). The highest BCUT2D eigenvalue weighted by Crippen LogP contribution is 2.42. The van der Waals surface area contributed by atoms with E-state index in [0.717, 1.165) is 0 Å². The lowest BCUT2D eigenvalue weighted by Crippen LogP contribution is -1.97. The van der Waals surface area contributed by atoms with Crippen LogP contribution in [0.15, 0.2) is 60.7 Å². The molecule has 0 fully saturated rings. The maximum Gasteiger partial charge on any atom is 0.178 e. The second-order valence-corrected chi connectivity index (χ2v) is 10.4. The fraction of sp³-hybridized carbons (Fsp3) is 0.172. The van der Waals surface area contributed by atoms with Crippen LogP contribution in [0.5, 0.6) is 34.5 Å². The lowest BCUT2D eigenvalue weighted by atomic mass is 10.1. The Morgan fingerprint density at radius 1 is 0.595 bits per heavy atom. The van der Waals surface area contributed by atoms with Gasteiger partial charge in [0.2, 0.25) is 0 Å². The van der Waals surface area contributed by atoms with Gasteiger partial charge >= 0.3 is 0 Å². The number of phenolic OH excluding ortho intramolecular Hbond substituents is 1. The molecular formula is C29H27Cl5O8. The van der Waals surface area contributed by atoms with Gasteiger partial charge in [-0.05, 0) is 61.0 Å². The van der Waals surface area contributed by atoms with Gasteiger partial charge in [0.25, 0.3) is 0 Å². The second kappa shape index (κ2) is 15.7. The average Bonchev–Trinajstić information content (AvgIpc) is 2.90. The Balaban J connectivity index is 0.000000287. The van der Waals surface area contributed by atoms with E-state index in [1.165, 1.54) is 37.4 Å². The molecule has 8 nitrogen and oxygen atoms in total. The lowest BCUT2D eigenvalue weighted by molar-refractivity contribution is -0.0431. The summed E-state index contributed by atoms with van der Waals surface area (Å²) >= 11 is 29.8. The lowest BCUT2D eigenvalue weighted by Gasteiger charge is -2.14. The van der Waals surface area contributed by atoms with Crippen molar-refractivity contribution < 1.29 is 39.7 Å². The largest absolute Gasteiger partial charge is 0.504 e. The summed E-state index contributed by atoms with van der Waals surface area (Å²) in [7, 11) is 1.48. The fourth-order valence-corrected chi connectivity index (χ4v) is 4.61. The molecule has 0 aliphatic rings. The van der Waals surface area contributed by atoms with Crippen LogP contribution in [0.1, 0.15) is 36.7 Å². The highest BCUT2D eigenvalue weighted by Gasteiger charge is 2.17.